The van der Waals surface area contributed by atoms with E-state index in [1.165, 1.54) is 0 Å². The van der Waals surface area contributed by atoms with E-state index < -0.39 is 0 Å². The van der Waals surface area contributed by atoms with Gasteiger partial charge in [0.25, 0.3) is 5.91 Å². The fourth-order valence-electron chi connectivity index (χ4n) is 1.60. The minimum atomic E-state index is -0.257. The Morgan fingerprint density at radius 1 is 1.05 bits per heavy atom. The van der Waals surface area contributed by atoms with Gasteiger partial charge in [-0.1, -0.05) is 41.9 Å². The Hall–Kier alpha value is -1.91. The molecule has 20 heavy (non-hydrogen) atoms. The van der Waals surface area contributed by atoms with Crippen molar-refractivity contribution in [2.24, 2.45) is 0 Å². The van der Waals surface area contributed by atoms with Gasteiger partial charge in [-0.25, -0.2) is 0 Å². The van der Waals surface area contributed by atoms with Gasteiger partial charge < -0.3 is 5.32 Å². The van der Waals surface area contributed by atoms with E-state index in [9.17, 15) is 4.79 Å². The highest BCUT2D eigenvalue weighted by Crippen LogP contribution is 2.09. The number of thiocarbonyl (C=S) groups is 1. The predicted octanol–water partition coefficient (Wildman–Crippen LogP) is 3.14. The van der Waals surface area contributed by atoms with Gasteiger partial charge in [0.1, 0.15) is 0 Å². The van der Waals surface area contributed by atoms with E-state index in [0.717, 1.165) is 5.56 Å². The largest absolute Gasteiger partial charge is 0.358 e. The van der Waals surface area contributed by atoms with Crippen LogP contribution in [0.1, 0.15) is 15.9 Å². The summed E-state index contributed by atoms with van der Waals surface area (Å²) in [7, 11) is 0. The molecule has 5 heteroatoms. The van der Waals surface area contributed by atoms with Gasteiger partial charge in [-0.05, 0) is 42.0 Å². The van der Waals surface area contributed by atoms with Crippen molar-refractivity contribution in [2.75, 3.05) is 0 Å². The molecule has 3 nitrogen and oxygen atoms in total. The van der Waals surface area contributed by atoms with Crippen LogP contribution in [0.5, 0.6) is 0 Å². The molecule has 0 saturated carbocycles. The highest BCUT2D eigenvalue weighted by atomic mass is 35.5. The molecular weight excluding hydrogens is 292 g/mol. The SMILES string of the molecule is O=C(NC(=S)NCc1ccccc1)c1ccc(Cl)cc1. The maximum absolute atomic E-state index is 11.9. The number of nitrogens with one attached hydrogen (secondary N) is 2. The van der Waals surface area contributed by atoms with E-state index in [2.05, 4.69) is 10.6 Å². The van der Waals surface area contributed by atoms with Gasteiger partial charge >= 0.3 is 0 Å². The third-order valence-electron chi connectivity index (χ3n) is 2.63. The van der Waals surface area contributed by atoms with Crippen LogP contribution >= 0.6 is 23.8 Å². The Balaban J connectivity index is 1.85. The summed E-state index contributed by atoms with van der Waals surface area (Å²) in [5.74, 6) is -0.257. The van der Waals surface area contributed by atoms with Crippen LogP contribution in [0.4, 0.5) is 0 Å². The molecule has 0 radical (unpaired) electrons. The summed E-state index contributed by atoms with van der Waals surface area (Å²) in [4.78, 5) is 11.9. The molecule has 0 aliphatic heterocycles. The van der Waals surface area contributed by atoms with Crippen LogP contribution in [0.3, 0.4) is 0 Å². The molecule has 102 valence electrons. The summed E-state index contributed by atoms with van der Waals surface area (Å²) >= 11 is 10.9. The molecule has 2 aromatic rings. The van der Waals surface area contributed by atoms with Crippen LogP contribution in [0, 0.1) is 0 Å². The van der Waals surface area contributed by atoms with Crippen LogP contribution in [-0.2, 0) is 6.54 Å². The van der Waals surface area contributed by atoms with Crippen molar-refractivity contribution in [3.05, 3.63) is 70.7 Å². The van der Waals surface area contributed by atoms with Gasteiger partial charge in [0.15, 0.2) is 5.11 Å². The van der Waals surface area contributed by atoms with Gasteiger partial charge in [-0.2, -0.15) is 0 Å². The number of rotatable bonds is 3. The molecule has 1 amide bonds. The lowest BCUT2D eigenvalue weighted by Crippen LogP contribution is -2.38. The molecule has 0 heterocycles. The predicted molar refractivity (Wildman–Crippen MR) is 84.8 cm³/mol. The monoisotopic (exact) mass is 304 g/mol. The maximum Gasteiger partial charge on any atom is 0.257 e. The maximum atomic E-state index is 11.9. The smallest absolute Gasteiger partial charge is 0.257 e. The van der Waals surface area contributed by atoms with Crippen molar-refractivity contribution in [3.63, 3.8) is 0 Å². The summed E-state index contributed by atoms with van der Waals surface area (Å²) in [6.45, 7) is 0.570. The number of benzene rings is 2. The first kappa shape index (κ1) is 14.5. The second-order valence-electron chi connectivity index (χ2n) is 4.13. The average Bonchev–Trinajstić information content (AvgIpc) is 2.47. The van der Waals surface area contributed by atoms with Crippen LogP contribution in [0.2, 0.25) is 5.02 Å². The molecule has 0 saturated heterocycles. The molecule has 0 atom stereocenters. The number of carbonyl (C=O) groups excluding carboxylic acids is 1. The van der Waals surface area contributed by atoms with Crippen molar-refractivity contribution < 1.29 is 4.79 Å². The van der Waals surface area contributed by atoms with E-state index in [1.54, 1.807) is 24.3 Å². The van der Waals surface area contributed by atoms with E-state index >= 15 is 0 Å². The van der Waals surface area contributed by atoms with E-state index in [0.29, 0.717) is 22.2 Å². The Bertz CT molecular complexity index is 599. The molecule has 0 unspecified atom stereocenters. The molecule has 0 bridgehead atoms. The Kier molecular flexibility index (Phi) is 5.09. The normalized spacial score (nSPS) is 9.85. The van der Waals surface area contributed by atoms with Crippen LogP contribution in [0.15, 0.2) is 54.6 Å². The number of carbonyl (C=O) groups is 1. The van der Waals surface area contributed by atoms with Crippen LogP contribution in [-0.4, -0.2) is 11.0 Å². The van der Waals surface area contributed by atoms with E-state index in [4.69, 9.17) is 23.8 Å². The van der Waals surface area contributed by atoms with Crippen LogP contribution in [0.25, 0.3) is 0 Å². The molecule has 0 fully saturated rings. The number of hydrogen-bond donors (Lipinski definition) is 2. The standard InChI is InChI=1S/C15H13ClN2OS/c16-13-8-6-12(7-9-13)14(19)18-15(20)17-10-11-4-2-1-3-5-11/h1-9H,10H2,(H2,17,18,19,20). The summed E-state index contributed by atoms with van der Waals surface area (Å²) in [6, 6.07) is 16.4. The summed E-state index contributed by atoms with van der Waals surface area (Å²) in [5.41, 5.74) is 1.61. The van der Waals surface area contributed by atoms with Crippen molar-refractivity contribution >= 4 is 34.8 Å². The molecule has 2 aromatic carbocycles. The second-order valence-corrected chi connectivity index (χ2v) is 4.97. The topological polar surface area (TPSA) is 41.1 Å². The molecule has 2 N–H and O–H groups in total. The Morgan fingerprint density at radius 2 is 1.70 bits per heavy atom. The van der Waals surface area contributed by atoms with Crippen molar-refractivity contribution in [2.45, 2.75) is 6.54 Å². The molecule has 2 rings (SSSR count). The zero-order valence-electron chi connectivity index (χ0n) is 10.6. The summed E-state index contributed by atoms with van der Waals surface area (Å²) in [6.07, 6.45) is 0. The lowest BCUT2D eigenvalue weighted by Gasteiger charge is -2.09. The first-order chi connectivity index (χ1) is 9.65. The highest BCUT2D eigenvalue weighted by molar-refractivity contribution is 7.80. The van der Waals surface area contributed by atoms with E-state index in [-0.39, 0.29) is 5.91 Å². The van der Waals surface area contributed by atoms with Gasteiger partial charge in [0.2, 0.25) is 0 Å². The molecule has 0 aliphatic rings. The van der Waals surface area contributed by atoms with Crippen molar-refractivity contribution in [3.8, 4) is 0 Å². The molecule has 0 aliphatic carbocycles. The first-order valence-corrected chi connectivity index (χ1v) is 6.82. The quantitative estimate of drug-likeness (QED) is 0.856. The van der Waals surface area contributed by atoms with Gasteiger partial charge in [-0.15, -0.1) is 0 Å². The highest BCUT2D eigenvalue weighted by Gasteiger charge is 2.07. The Labute approximate surface area is 128 Å². The second kappa shape index (κ2) is 7.03. The number of amides is 1. The van der Waals surface area contributed by atoms with Gasteiger partial charge in [-0.3, -0.25) is 10.1 Å². The fraction of sp³-hybridized carbons (Fsp3) is 0.0667. The lowest BCUT2D eigenvalue weighted by molar-refractivity contribution is 0.0976. The fourth-order valence-corrected chi connectivity index (χ4v) is 1.89. The van der Waals surface area contributed by atoms with Crippen molar-refractivity contribution in [1.29, 1.82) is 0 Å². The zero-order chi connectivity index (χ0) is 14.4. The zero-order valence-corrected chi connectivity index (χ0v) is 12.2. The van der Waals surface area contributed by atoms with E-state index in [1.807, 2.05) is 30.3 Å². The minimum Gasteiger partial charge on any atom is -0.358 e. The lowest BCUT2D eigenvalue weighted by atomic mass is 10.2. The third kappa shape index (κ3) is 4.33. The third-order valence-corrected chi connectivity index (χ3v) is 3.13. The Morgan fingerprint density at radius 3 is 2.35 bits per heavy atom. The summed E-state index contributed by atoms with van der Waals surface area (Å²) < 4.78 is 0. The minimum absolute atomic E-state index is 0.257. The average molecular weight is 305 g/mol. The van der Waals surface area contributed by atoms with Gasteiger partial charge in [0, 0.05) is 17.1 Å². The van der Waals surface area contributed by atoms with Crippen LogP contribution < -0.4 is 10.6 Å². The number of hydrogen-bond acceptors (Lipinski definition) is 2. The van der Waals surface area contributed by atoms with Gasteiger partial charge in [0.05, 0.1) is 0 Å². The molecule has 0 aromatic heterocycles. The van der Waals surface area contributed by atoms with Crippen molar-refractivity contribution in [1.82, 2.24) is 10.6 Å². The number of halogens is 1. The first-order valence-electron chi connectivity index (χ1n) is 6.04. The summed E-state index contributed by atoms with van der Waals surface area (Å²) in [5, 5.41) is 6.50. The molecule has 0 spiro atoms. The molecular formula is C15H13ClN2OS.